The van der Waals surface area contributed by atoms with Crippen LogP contribution in [0.5, 0.6) is 0 Å². The van der Waals surface area contributed by atoms with E-state index in [9.17, 15) is 18.4 Å². The van der Waals surface area contributed by atoms with E-state index in [0.717, 1.165) is 6.07 Å². The molecule has 30 heavy (non-hydrogen) atoms. The Kier molecular flexibility index (Phi) is 4.43. The summed E-state index contributed by atoms with van der Waals surface area (Å²) in [6, 6.07) is 6.62. The van der Waals surface area contributed by atoms with Crippen LogP contribution in [-0.4, -0.2) is 51.1 Å². The van der Waals surface area contributed by atoms with Crippen LogP contribution in [-0.2, 0) is 16.6 Å². The molecule has 1 aromatic heterocycles. The Labute approximate surface area is 173 Å². The molecule has 0 aliphatic carbocycles. The van der Waals surface area contributed by atoms with E-state index in [-0.39, 0.29) is 18.0 Å². The number of hydrogen-bond donors (Lipinski definition) is 0. The van der Waals surface area contributed by atoms with Crippen LogP contribution in [0.1, 0.15) is 47.8 Å². The molecule has 5 rings (SSSR count). The van der Waals surface area contributed by atoms with Crippen molar-refractivity contribution in [1.82, 2.24) is 14.4 Å². The molecule has 2 atom stereocenters. The van der Waals surface area contributed by atoms with Crippen molar-refractivity contribution in [3.05, 3.63) is 59.4 Å². The number of rotatable bonds is 2. The largest absolute Gasteiger partial charge is 0.347 e. The van der Waals surface area contributed by atoms with Gasteiger partial charge in [-0.25, -0.2) is 8.78 Å². The number of nitrogens with zero attached hydrogens (tertiary/aromatic N) is 3. The predicted molar refractivity (Wildman–Crippen MR) is 103 cm³/mol. The lowest BCUT2D eigenvalue weighted by Crippen LogP contribution is -2.51. The molecule has 0 bridgehead atoms. The van der Waals surface area contributed by atoms with Crippen molar-refractivity contribution >= 4 is 11.8 Å². The molecule has 2 amide bonds. The number of fused-ring (bicyclic) bond motifs is 1. The van der Waals surface area contributed by atoms with Crippen molar-refractivity contribution in [2.75, 3.05) is 13.1 Å². The Hall–Kier alpha value is -2.74. The molecule has 1 aromatic carbocycles. The van der Waals surface area contributed by atoms with Crippen LogP contribution in [0.3, 0.4) is 0 Å². The van der Waals surface area contributed by atoms with Gasteiger partial charge in [0.05, 0.1) is 6.04 Å². The molecule has 0 radical (unpaired) electrons. The van der Waals surface area contributed by atoms with Crippen LogP contribution < -0.4 is 0 Å². The molecule has 1 spiro atoms. The monoisotopic (exact) mass is 415 g/mol. The average molecular weight is 415 g/mol. The lowest BCUT2D eigenvalue weighted by atomic mass is 9.89. The molecule has 158 valence electrons. The Morgan fingerprint density at radius 1 is 1.13 bits per heavy atom. The van der Waals surface area contributed by atoms with E-state index in [4.69, 9.17) is 4.74 Å². The van der Waals surface area contributed by atoms with E-state index >= 15 is 0 Å². The van der Waals surface area contributed by atoms with Gasteiger partial charge in [-0.15, -0.1) is 0 Å². The van der Waals surface area contributed by atoms with E-state index in [1.165, 1.54) is 12.1 Å². The molecule has 2 unspecified atom stereocenters. The van der Waals surface area contributed by atoms with Gasteiger partial charge in [0, 0.05) is 45.2 Å². The fourth-order valence-electron chi connectivity index (χ4n) is 5.06. The minimum atomic E-state index is -0.958. The summed E-state index contributed by atoms with van der Waals surface area (Å²) in [5, 5.41) is 0. The Bertz CT molecular complexity index is 993. The molecular weight excluding hydrogens is 392 g/mol. The lowest BCUT2D eigenvalue weighted by molar-refractivity contribution is -0.142. The maximum atomic E-state index is 13.7. The molecular formula is C22H23F2N3O3. The minimum absolute atomic E-state index is 0.0589. The second kappa shape index (κ2) is 6.91. The fraction of sp³-hybridized carbons (Fsp3) is 0.455. The van der Waals surface area contributed by atoms with Gasteiger partial charge in [-0.3, -0.25) is 9.59 Å². The minimum Gasteiger partial charge on any atom is -0.347 e. The van der Waals surface area contributed by atoms with Crippen LogP contribution in [0.25, 0.3) is 0 Å². The summed E-state index contributed by atoms with van der Waals surface area (Å²) in [6.45, 7) is 0.852. The first-order valence-electron chi connectivity index (χ1n) is 10.3. The zero-order valence-electron chi connectivity index (χ0n) is 16.7. The van der Waals surface area contributed by atoms with Crippen molar-refractivity contribution in [3.63, 3.8) is 0 Å². The smallest absolute Gasteiger partial charge is 0.270 e. The van der Waals surface area contributed by atoms with Crippen molar-refractivity contribution in [3.8, 4) is 0 Å². The van der Waals surface area contributed by atoms with Gasteiger partial charge in [-0.05, 0) is 42.7 Å². The van der Waals surface area contributed by atoms with Gasteiger partial charge >= 0.3 is 0 Å². The second-order valence-electron chi connectivity index (χ2n) is 8.37. The van der Waals surface area contributed by atoms with E-state index in [2.05, 4.69) is 0 Å². The number of amides is 2. The average Bonchev–Trinajstić information content (AvgIpc) is 3.38. The molecule has 8 heteroatoms. The van der Waals surface area contributed by atoms with Crippen LogP contribution in [0.2, 0.25) is 0 Å². The third-order valence-corrected chi connectivity index (χ3v) is 6.61. The third kappa shape index (κ3) is 2.93. The number of aryl methyl sites for hydroxylation is 1. The first-order valence-corrected chi connectivity index (χ1v) is 10.3. The highest BCUT2D eigenvalue weighted by molar-refractivity contribution is 5.93. The van der Waals surface area contributed by atoms with Gasteiger partial charge in [0.2, 0.25) is 0 Å². The van der Waals surface area contributed by atoms with Gasteiger partial charge in [0.1, 0.15) is 23.6 Å². The summed E-state index contributed by atoms with van der Waals surface area (Å²) in [7, 11) is 1.83. The zero-order valence-corrected chi connectivity index (χ0v) is 16.7. The van der Waals surface area contributed by atoms with Gasteiger partial charge in [-0.1, -0.05) is 0 Å². The van der Waals surface area contributed by atoms with Crippen LogP contribution in [0.4, 0.5) is 8.78 Å². The number of hydrogen-bond acceptors (Lipinski definition) is 3. The van der Waals surface area contributed by atoms with Crippen molar-refractivity contribution < 1.29 is 23.1 Å². The highest BCUT2D eigenvalue weighted by Gasteiger charge is 2.58. The maximum Gasteiger partial charge on any atom is 0.270 e. The van der Waals surface area contributed by atoms with Crippen molar-refractivity contribution in [2.45, 2.75) is 43.6 Å². The number of aromatic nitrogens is 1. The van der Waals surface area contributed by atoms with E-state index in [1.54, 1.807) is 20.4 Å². The van der Waals surface area contributed by atoms with Gasteiger partial charge in [0.25, 0.3) is 11.8 Å². The SMILES string of the molecule is Cn1cccc1C(=O)N1CCC2(CC1)OC1CCC(c3cc(F)cc(F)c3)N1C2=O. The summed E-state index contributed by atoms with van der Waals surface area (Å²) >= 11 is 0. The summed E-state index contributed by atoms with van der Waals surface area (Å²) < 4.78 is 35.4. The number of piperidine rings is 1. The Morgan fingerprint density at radius 2 is 1.83 bits per heavy atom. The topological polar surface area (TPSA) is 54.8 Å². The Morgan fingerprint density at radius 3 is 2.47 bits per heavy atom. The molecule has 2 aromatic rings. The van der Waals surface area contributed by atoms with E-state index < -0.39 is 23.3 Å². The van der Waals surface area contributed by atoms with Gasteiger partial charge in [0.15, 0.2) is 5.60 Å². The molecule has 0 saturated carbocycles. The van der Waals surface area contributed by atoms with Crippen LogP contribution in [0.15, 0.2) is 36.5 Å². The number of carbonyl (C=O) groups excluding carboxylic acids is 2. The molecule has 3 aliphatic heterocycles. The molecule has 3 saturated heterocycles. The quantitative estimate of drug-likeness (QED) is 0.758. The summed E-state index contributed by atoms with van der Waals surface area (Å²) in [6.07, 6.45) is 3.50. The number of ether oxygens (including phenoxy) is 1. The number of halogens is 2. The highest BCUT2D eigenvalue weighted by atomic mass is 19.1. The summed E-state index contributed by atoms with van der Waals surface area (Å²) in [4.78, 5) is 29.5. The van der Waals surface area contributed by atoms with E-state index in [0.29, 0.717) is 50.0 Å². The van der Waals surface area contributed by atoms with Crippen molar-refractivity contribution in [1.29, 1.82) is 0 Å². The first kappa shape index (κ1) is 19.2. The van der Waals surface area contributed by atoms with Gasteiger partial charge < -0.3 is 19.1 Å². The molecule has 3 aliphatic rings. The molecule has 3 fully saturated rings. The normalized spacial score (nSPS) is 25.2. The number of carbonyl (C=O) groups is 2. The lowest BCUT2D eigenvalue weighted by Gasteiger charge is -2.37. The molecule has 6 nitrogen and oxygen atoms in total. The number of likely N-dealkylation sites (tertiary alicyclic amines) is 1. The standard InChI is InChI=1S/C22H23F2N3O3/c1-25-8-2-3-18(25)20(28)26-9-6-22(7-10-26)21(29)27-17(4-5-19(27)30-22)14-11-15(23)13-16(24)12-14/h2-3,8,11-13,17,19H,4-7,9-10H2,1H3. The van der Waals surface area contributed by atoms with Crippen LogP contribution >= 0.6 is 0 Å². The van der Waals surface area contributed by atoms with E-state index in [1.807, 2.05) is 19.3 Å². The summed E-state index contributed by atoms with van der Waals surface area (Å²) in [5.41, 5.74) is 0.110. The highest BCUT2D eigenvalue weighted by Crippen LogP contribution is 2.47. The molecule has 0 N–H and O–H groups in total. The predicted octanol–water partition coefficient (Wildman–Crippen LogP) is 3.00. The number of benzene rings is 1. The zero-order chi connectivity index (χ0) is 21.0. The summed E-state index contributed by atoms with van der Waals surface area (Å²) in [5.74, 6) is -1.49. The fourth-order valence-corrected chi connectivity index (χ4v) is 5.06. The Balaban J connectivity index is 1.33. The maximum absolute atomic E-state index is 13.7. The second-order valence-corrected chi connectivity index (χ2v) is 8.37. The first-order chi connectivity index (χ1) is 14.4. The van der Waals surface area contributed by atoms with Crippen LogP contribution in [0, 0.1) is 11.6 Å². The third-order valence-electron chi connectivity index (χ3n) is 6.61. The molecule has 4 heterocycles. The van der Waals surface area contributed by atoms with Gasteiger partial charge in [-0.2, -0.15) is 0 Å². The van der Waals surface area contributed by atoms with Crippen molar-refractivity contribution in [2.24, 2.45) is 7.05 Å².